The number of allylic oxidation sites excluding steroid dienone is 1. The van der Waals surface area contributed by atoms with Crippen molar-refractivity contribution >= 4 is 0 Å². The predicted octanol–water partition coefficient (Wildman–Crippen LogP) is 4.61. The molecule has 0 aliphatic rings. The molecule has 0 spiro atoms. The number of nitriles is 1. The van der Waals surface area contributed by atoms with E-state index >= 15 is 0 Å². The maximum atomic E-state index is 9.40. The Balaban J connectivity index is 2.24. The Labute approximate surface area is 133 Å². The molecule has 1 atom stereocenters. The number of hydrogen-bond donors (Lipinski definition) is 1. The van der Waals surface area contributed by atoms with E-state index in [0.29, 0.717) is 0 Å². The summed E-state index contributed by atoms with van der Waals surface area (Å²) < 4.78 is 0. The topological polar surface area (TPSA) is 35.8 Å². The molecule has 22 heavy (non-hydrogen) atoms. The Morgan fingerprint density at radius 1 is 1.00 bits per heavy atom. The minimum Gasteiger partial charge on any atom is -0.288 e. The summed E-state index contributed by atoms with van der Waals surface area (Å²) in [5, 5.41) is 12.9. The number of unbranched alkanes of at least 4 members (excludes halogenated alkanes) is 1. The molecule has 112 valence electrons. The van der Waals surface area contributed by atoms with Crippen molar-refractivity contribution in [3.8, 4) is 6.07 Å². The van der Waals surface area contributed by atoms with Crippen molar-refractivity contribution in [1.82, 2.24) is 5.32 Å². The molecule has 0 saturated carbocycles. The van der Waals surface area contributed by atoms with Crippen molar-refractivity contribution in [2.24, 2.45) is 0 Å². The molecule has 0 aromatic heterocycles. The van der Waals surface area contributed by atoms with E-state index in [2.05, 4.69) is 48.7 Å². The molecule has 0 aliphatic heterocycles. The zero-order valence-corrected chi connectivity index (χ0v) is 12.9. The lowest BCUT2D eigenvalue weighted by molar-refractivity contribution is 0.598. The molecule has 0 unspecified atom stereocenters. The summed E-state index contributed by atoms with van der Waals surface area (Å²) in [5.74, 6) is 0. The molecule has 0 heterocycles. The molecule has 0 fully saturated rings. The summed E-state index contributed by atoms with van der Waals surface area (Å²) >= 11 is 0. The van der Waals surface area contributed by atoms with Gasteiger partial charge in [-0.1, -0.05) is 86.2 Å². The molecular weight excluding hydrogens is 268 g/mol. The third-order valence-corrected chi connectivity index (χ3v) is 3.53. The lowest BCUT2D eigenvalue weighted by atomic mass is 9.98. The fourth-order valence-electron chi connectivity index (χ4n) is 2.39. The fraction of sp³-hybridized carbons (Fsp3) is 0.250. The van der Waals surface area contributed by atoms with Crippen molar-refractivity contribution in [3.63, 3.8) is 0 Å². The van der Waals surface area contributed by atoms with Crippen LogP contribution in [0.1, 0.15) is 36.9 Å². The first-order valence-corrected chi connectivity index (χ1v) is 7.77. The van der Waals surface area contributed by atoms with Gasteiger partial charge >= 0.3 is 0 Å². The fourth-order valence-corrected chi connectivity index (χ4v) is 2.39. The van der Waals surface area contributed by atoms with Gasteiger partial charge in [-0.3, -0.25) is 5.32 Å². The first-order valence-electron chi connectivity index (χ1n) is 7.77. The van der Waals surface area contributed by atoms with Gasteiger partial charge in [0.2, 0.25) is 0 Å². The Kier molecular flexibility index (Phi) is 6.41. The summed E-state index contributed by atoms with van der Waals surface area (Å²) in [6, 6.07) is 22.6. The highest BCUT2D eigenvalue weighted by Crippen LogP contribution is 2.22. The second-order valence-corrected chi connectivity index (χ2v) is 5.24. The molecule has 0 amide bonds. The molecule has 2 nitrogen and oxygen atoms in total. The van der Waals surface area contributed by atoms with Crippen molar-refractivity contribution in [1.29, 1.82) is 5.26 Å². The van der Waals surface area contributed by atoms with E-state index in [1.54, 1.807) is 0 Å². The van der Waals surface area contributed by atoms with Crippen LogP contribution in [0.3, 0.4) is 0 Å². The van der Waals surface area contributed by atoms with Gasteiger partial charge < -0.3 is 0 Å². The normalized spacial score (nSPS) is 12.4. The van der Waals surface area contributed by atoms with E-state index in [-0.39, 0.29) is 12.1 Å². The molecule has 0 aliphatic carbocycles. The van der Waals surface area contributed by atoms with E-state index in [4.69, 9.17) is 0 Å². The Morgan fingerprint density at radius 2 is 1.55 bits per heavy atom. The Hall–Kier alpha value is -2.37. The summed E-state index contributed by atoms with van der Waals surface area (Å²) in [6.45, 7) is 2.13. The lowest BCUT2D eigenvalue weighted by Crippen LogP contribution is -2.31. The van der Waals surface area contributed by atoms with Gasteiger partial charge in [-0.15, -0.1) is 0 Å². The predicted molar refractivity (Wildman–Crippen MR) is 91.3 cm³/mol. The summed E-state index contributed by atoms with van der Waals surface area (Å²) in [5.41, 5.74) is 2.33. The molecule has 0 bridgehead atoms. The van der Waals surface area contributed by atoms with Crippen LogP contribution < -0.4 is 5.32 Å². The zero-order chi connectivity index (χ0) is 15.6. The van der Waals surface area contributed by atoms with Crippen LogP contribution in [0.25, 0.3) is 0 Å². The maximum Gasteiger partial charge on any atom is 0.115 e. The van der Waals surface area contributed by atoms with Crippen LogP contribution in [0, 0.1) is 11.3 Å². The van der Waals surface area contributed by atoms with Gasteiger partial charge in [0.25, 0.3) is 0 Å². The van der Waals surface area contributed by atoms with E-state index < -0.39 is 0 Å². The van der Waals surface area contributed by atoms with Gasteiger partial charge in [0.15, 0.2) is 0 Å². The van der Waals surface area contributed by atoms with Gasteiger partial charge in [-0.25, -0.2) is 0 Å². The first-order chi connectivity index (χ1) is 10.8. The van der Waals surface area contributed by atoms with Crippen LogP contribution >= 0.6 is 0 Å². The summed E-state index contributed by atoms with van der Waals surface area (Å²) in [4.78, 5) is 0. The van der Waals surface area contributed by atoms with E-state index in [0.717, 1.165) is 24.0 Å². The zero-order valence-electron chi connectivity index (χ0n) is 12.9. The summed E-state index contributed by atoms with van der Waals surface area (Å²) in [6.07, 6.45) is 6.13. The number of nitrogens with zero attached hydrogens (tertiary/aromatic N) is 1. The van der Waals surface area contributed by atoms with Crippen LogP contribution in [0.15, 0.2) is 72.8 Å². The Bertz CT molecular complexity index is 572. The largest absolute Gasteiger partial charge is 0.288 e. The average molecular weight is 290 g/mol. The first kappa shape index (κ1) is 16.0. The van der Waals surface area contributed by atoms with Crippen molar-refractivity contribution in [3.05, 3.63) is 83.9 Å². The average Bonchev–Trinajstić information content (AvgIpc) is 2.59. The standard InChI is InChI=1S/C20H22N2/c1-2-3-6-15-19(16-21)22-20(17-11-7-4-8-12-17)18-13-9-5-10-14-18/h4-15,19-20,22H,2-3H2,1H3/b15-6+/t19-/m0/s1. The molecule has 1 N–H and O–H groups in total. The minimum absolute atomic E-state index is 0.0123. The van der Waals surface area contributed by atoms with Crippen LogP contribution in [-0.4, -0.2) is 6.04 Å². The van der Waals surface area contributed by atoms with Crippen LogP contribution in [-0.2, 0) is 0 Å². The smallest absolute Gasteiger partial charge is 0.115 e. The number of rotatable bonds is 7. The second kappa shape index (κ2) is 8.81. The molecule has 2 aromatic carbocycles. The third kappa shape index (κ3) is 4.58. The SMILES string of the molecule is CCC/C=C/[C@@H](C#N)NC(c1ccccc1)c1ccccc1. The van der Waals surface area contributed by atoms with E-state index in [9.17, 15) is 5.26 Å². The molecule has 2 heteroatoms. The number of nitrogens with one attached hydrogen (secondary N) is 1. The second-order valence-electron chi connectivity index (χ2n) is 5.24. The van der Waals surface area contributed by atoms with Gasteiger partial charge in [0.1, 0.15) is 6.04 Å². The molecule has 2 aromatic rings. The minimum atomic E-state index is -0.294. The molecule has 0 saturated heterocycles. The van der Waals surface area contributed by atoms with E-state index in [1.165, 1.54) is 0 Å². The van der Waals surface area contributed by atoms with Crippen molar-refractivity contribution < 1.29 is 0 Å². The molecular formula is C20H22N2. The van der Waals surface area contributed by atoms with Gasteiger partial charge in [0.05, 0.1) is 12.1 Å². The highest BCUT2D eigenvalue weighted by atomic mass is 14.9. The monoisotopic (exact) mass is 290 g/mol. The summed E-state index contributed by atoms with van der Waals surface area (Å²) in [7, 11) is 0. The number of benzene rings is 2. The maximum absolute atomic E-state index is 9.40. The van der Waals surface area contributed by atoms with E-state index in [1.807, 2.05) is 42.5 Å². The van der Waals surface area contributed by atoms with Crippen LogP contribution in [0.4, 0.5) is 0 Å². The number of hydrogen-bond acceptors (Lipinski definition) is 2. The quantitative estimate of drug-likeness (QED) is 0.756. The van der Waals surface area contributed by atoms with Gasteiger partial charge in [-0.2, -0.15) is 5.26 Å². The van der Waals surface area contributed by atoms with Gasteiger partial charge in [0, 0.05) is 0 Å². The third-order valence-electron chi connectivity index (χ3n) is 3.53. The van der Waals surface area contributed by atoms with Crippen LogP contribution in [0.5, 0.6) is 0 Å². The Morgan fingerprint density at radius 3 is 2.00 bits per heavy atom. The highest BCUT2D eigenvalue weighted by molar-refractivity contribution is 5.32. The van der Waals surface area contributed by atoms with Crippen LogP contribution in [0.2, 0.25) is 0 Å². The van der Waals surface area contributed by atoms with Crippen molar-refractivity contribution in [2.45, 2.75) is 31.8 Å². The van der Waals surface area contributed by atoms with Crippen molar-refractivity contribution in [2.75, 3.05) is 0 Å². The van der Waals surface area contributed by atoms with Gasteiger partial charge in [-0.05, 0) is 17.5 Å². The molecule has 2 rings (SSSR count). The molecule has 0 radical (unpaired) electrons. The lowest BCUT2D eigenvalue weighted by Gasteiger charge is -2.21. The highest BCUT2D eigenvalue weighted by Gasteiger charge is 2.16.